The van der Waals surface area contributed by atoms with E-state index < -0.39 is 6.04 Å². The number of carbonyl (C=O) groups excluding carboxylic acids is 1. The Hall–Kier alpha value is -4.13. The first-order valence-corrected chi connectivity index (χ1v) is 12.1. The Morgan fingerprint density at radius 1 is 0.972 bits per heavy atom. The van der Waals surface area contributed by atoms with Crippen LogP contribution in [0.15, 0.2) is 71.9 Å². The maximum absolute atomic E-state index is 13.6. The Morgan fingerprint density at radius 3 is 2.56 bits per heavy atom. The van der Waals surface area contributed by atoms with E-state index in [1.807, 2.05) is 47.1 Å². The molecule has 1 aliphatic heterocycles. The molecule has 182 valence electrons. The SMILES string of the molecule is COc1ccc(C2C3=C(CC(C)(C)CC3=O)Nc3nc(-c4cccc5ccccc45)nn32)cc1OC. The molecule has 1 unspecified atom stereocenters. The lowest BCUT2D eigenvalue weighted by molar-refractivity contribution is -0.118. The molecule has 4 aromatic rings. The number of rotatable bonds is 4. The van der Waals surface area contributed by atoms with Crippen molar-refractivity contribution in [3.05, 3.63) is 77.5 Å². The second-order valence-electron chi connectivity index (χ2n) is 10.2. The van der Waals surface area contributed by atoms with Gasteiger partial charge in [-0.1, -0.05) is 62.4 Å². The number of allylic oxidation sites excluding steroid dienone is 2. The molecule has 1 N–H and O–H groups in total. The second-order valence-corrected chi connectivity index (χ2v) is 10.2. The Balaban J connectivity index is 1.55. The minimum Gasteiger partial charge on any atom is -0.493 e. The van der Waals surface area contributed by atoms with Crippen LogP contribution in [0.1, 0.15) is 38.3 Å². The van der Waals surface area contributed by atoms with Crippen LogP contribution in [-0.4, -0.2) is 34.8 Å². The molecule has 6 rings (SSSR count). The van der Waals surface area contributed by atoms with Gasteiger partial charge >= 0.3 is 0 Å². The number of hydrogen-bond acceptors (Lipinski definition) is 6. The topological polar surface area (TPSA) is 78.3 Å². The molecule has 7 heteroatoms. The van der Waals surface area contributed by atoms with E-state index >= 15 is 0 Å². The summed E-state index contributed by atoms with van der Waals surface area (Å²) in [5.74, 6) is 2.61. The largest absolute Gasteiger partial charge is 0.493 e. The van der Waals surface area contributed by atoms with Crippen molar-refractivity contribution >= 4 is 22.5 Å². The molecule has 36 heavy (non-hydrogen) atoms. The molecule has 1 aliphatic carbocycles. The highest BCUT2D eigenvalue weighted by molar-refractivity contribution is 6.00. The summed E-state index contributed by atoms with van der Waals surface area (Å²) in [5.41, 5.74) is 3.37. The molecule has 0 spiro atoms. The maximum Gasteiger partial charge on any atom is 0.226 e. The first kappa shape index (κ1) is 22.3. The second kappa shape index (κ2) is 8.22. The molecular weight excluding hydrogens is 452 g/mol. The monoisotopic (exact) mass is 480 g/mol. The average Bonchev–Trinajstić information content (AvgIpc) is 3.29. The van der Waals surface area contributed by atoms with E-state index in [1.54, 1.807) is 14.2 Å². The normalized spacial score (nSPS) is 18.4. The number of benzene rings is 3. The number of ether oxygens (including phenoxy) is 2. The number of fused-ring (bicyclic) bond motifs is 2. The van der Waals surface area contributed by atoms with E-state index in [2.05, 4.69) is 37.4 Å². The molecule has 1 aromatic heterocycles. The van der Waals surface area contributed by atoms with Crippen molar-refractivity contribution in [1.82, 2.24) is 14.8 Å². The number of nitrogens with zero attached hydrogens (tertiary/aromatic N) is 3. The van der Waals surface area contributed by atoms with E-state index in [-0.39, 0.29) is 11.2 Å². The molecule has 0 radical (unpaired) electrons. The average molecular weight is 481 g/mol. The predicted octanol–water partition coefficient (Wildman–Crippen LogP) is 5.77. The molecule has 1 atom stereocenters. The summed E-state index contributed by atoms with van der Waals surface area (Å²) in [7, 11) is 3.23. The fraction of sp³-hybridized carbons (Fsp3) is 0.276. The zero-order valence-corrected chi connectivity index (χ0v) is 20.8. The lowest BCUT2D eigenvalue weighted by Gasteiger charge is -2.38. The van der Waals surface area contributed by atoms with Gasteiger partial charge in [-0.25, -0.2) is 4.68 Å². The summed E-state index contributed by atoms with van der Waals surface area (Å²) in [5, 5.41) is 10.6. The van der Waals surface area contributed by atoms with E-state index in [0.29, 0.717) is 29.7 Å². The third kappa shape index (κ3) is 3.54. The van der Waals surface area contributed by atoms with Gasteiger partial charge in [-0.2, -0.15) is 4.98 Å². The highest BCUT2D eigenvalue weighted by atomic mass is 16.5. The van der Waals surface area contributed by atoms with Gasteiger partial charge in [0.25, 0.3) is 0 Å². The van der Waals surface area contributed by atoms with Crippen molar-refractivity contribution in [1.29, 1.82) is 0 Å². The summed E-state index contributed by atoms with van der Waals surface area (Å²) in [4.78, 5) is 18.5. The molecule has 0 amide bonds. The number of ketones is 1. The molecule has 3 aromatic carbocycles. The Kier molecular flexibility index (Phi) is 5.10. The van der Waals surface area contributed by atoms with E-state index in [4.69, 9.17) is 19.6 Å². The van der Waals surface area contributed by atoms with Crippen LogP contribution < -0.4 is 14.8 Å². The van der Waals surface area contributed by atoms with Crippen molar-refractivity contribution in [3.8, 4) is 22.9 Å². The fourth-order valence-corrected chi connectivity index (χ4v) is 5.47. The third-order valence-electron chi connectivity index (χ3n) is 7.09. The third-order valence-corrected chi connectivity index (χ3v) is 7.09. The standard InChI is InChI=1S/C29H28N4O3/c1-29(2)15-21-25(22(34)16-29)26(18-12-13-23(35-3)24(14-18)36-4)33-28(30-21)31-27(32-33)20-11-7-9-17-8-5-6-10-19(17)20/h5-14,26H,15-16H2,1-4H3,(H,30,31,32). The van der Waals surface area contributed by atoms with Gasteiger partial charge in [0.05, 0.1) is 14.2 Å². The highest BCUT2D eigenvalue weighted by Crippen LogP contribution is 2.47. The number of carbonyl (C=O) groups is 1. The van der Waals surface area contributed by atoms with Gasteiger partial charge in [-0.3, -0.25) is 4.79 Å². The first-order chi connectivity index (χ1) is 17.4. The van der Waals surface area contributed by atoms with Crippen LogP contribution in [0.2, 0.25) is 0 Å². The molecule has 2 heterocycles. The van der Waals surface area contributed by atoms with Crippen molar-refractivity contribution in [2.45, 2.75) is 32.7 Å². The van der Waals surface area contributed by atoms with Crippen LogP contribution in [0.4, 0.5) is 5.95 Å². The number of nitrogens with one attached hydrogen (secondary N) is 1. The highest BCUT2D eigenvalue weighted by Gasteiger charge is 2.42. The zero-order valence-electron chi connectivity index (χ0n) is 20.8. The van der Waals surface area contributed by atoms with Crippen molar-refractivity contribution in [3.63, 3.8) is 0 Å². The van der Waals surface area contributed by atoms with Crippen LogP contribution >= 0.6 is 0 Å². The minimum absolute atomic E-state index is 0.126. The summed E-state index contributed by atoms with van der Waals surface area (Å²) in [6.45, 7) is 4.26. The number of methoxy groups -OCH3 is 2. The molecule has 0 saturated heterocycles. The Bertz CT molecular complexity index is 1540. The number of hydrogen-bond donors (Lipinski definition) is 1. The predicted molar refractivity (Wildman–Crippen MR) is 139 cm³/mol. The van der Waals surface area contributed by atoms with Gasteiger partial charge in [0.2, 0.25) is 5.95 Å². The lowest BCUT2D eigenvalue weighted by Crippen LogP contribution is -2.36. The van der Waals surface area contributed by atoms with Crippen LogP contribution in [0.5, 0.6) is 11.5 Å². The van der Waals surface area contributed by atoms with Gasteiger partial charge in [0.1, 0.15) is 6.04 Å². The number of anilines is 1. The van der Waals surface area contributed by atoms with Crippen LogP contribution in [0, 0.1) is 5.41 Å². The Morgan fingerprint density at radius 2 is 1.75 bits per heavy atom. The molecule has 2 aliphatic rings. The molecular formula is C29H28N4O3. The maximum atomic E-state index is 13.6. The van der Waals surface area contributed by atoms with Crippen LogP contribution in [0.25, 0.3) is 22.2 Å². The molecule has 0 fully saturated rings. The number of aromatic nitrogens is 3. The fourth-order valence-electron chi connectivity index (χ4n) is 5.47. The van der Waals surface area contributed by atoms with Crippen molar-refractivity contribution in [2.24, 2.45) is 5.41 Å². The van der Waals surface area contributed by atoms with Crippen molar-refractivity contribution in [2.75, 3.05) is 19.5 Å². The van der Waals surface area contributed by atoms with Gasteiger partial charge in [-0.15, -0.1) is 5.10 Å². The quantitative estimate of drug-likeness (QED) is 0.399. The molecule has 7 nitrogen and oxygen atoms in total. The summed E-state index contributed by atoms with van der Waals surface area (Å²) in [6.07, 6.45) is 1.24. The molecule has 0 saturated carbocycles. The van der Waals surface area contributed by atoms with Gasteiger partial charge in [-0.05, 0) is 40.3 Å². The van der Waals surface area contributed by atoms with Crippen molar-refractivity contribution < 1.29 is 14.3 Å². The van der Waals surface area contributed by atoms with Gasteiger partial charge < -0.3 is 14.8 Å². The Labute approximate surface area is 209 Å². The van der Waals surface area contributed by atoms with E-state index in [0.717, 1.165) is 39.6 Å². The number of Topliss-reactive ketones (excluding diaryl/α,β-unsaturated/α-hetero) is 1. The summed E-state index contributed by atoms with van der Waals surface area (Å²) in [6, 6.07) is 19.7. The summed E-state index contributed by atoms with van der Waals surface area (Å²) >= 11 is 0. The smallest absolute Gasteiger partial charge is 0.226 e. The molecule has 0 bridgehead atoms. The lowest BCUT2D eigenvalue weighted by atomic mass is 9.73. The van der Waals surface area contributed by atoms with E-state index in [1.165, 1.54) is 0 Å². The van der Waals surface area contributed by atoms with Gasteiger partial charge in [0.15, 0.2) is 23.1 Å². The zero-order chi connectivity index (χ0) is 25.0. The first-order valence-electron chi connectivity index (χ1n) is 12.1. The van der Waals surface area contributed by atoms with Gasteiger partial charge in [0, 0.05) is 23.3 Å². The van der Waals surface area contributed by atoms with Crippen LogP contribution in [0.3, 0.4) is 0 Å². The van der Waals surface area contributed by atoms with E-state index in [9.17, 15) is 4.79 Å². The minimum atomic E-state index is -0.420. The van der Waals surface area contributed by atoms with Crippen LogP contribution in [-0.2, 0) is 4.79 Å². The summed E-state index contributed by atoms with van der Waals surface area (Å²) < 4.78 is 12.9.